The minimum absolute atomic E-state index is 0.393. The van der Waals surface area contributed by atoms with Crippen LogP contribution in [0, 0.1) is 11.3 Å². The van der Waals surface area contributed by atoms with Gasteiger partial charge in [0, 0.05) is 17.3 Å². The zero-order chi connectivity index (χ0) is 21.0. The van der Waals surface area contributed by atoms with Gasteiger partial charge < -0.3 is 4.74 Å². The van der Waals surface area contributed by atoms with Gasteiger partial charge in [-0.25, -0.2) is 4.98 Å². The maximum absolute atomic E-state index is 9.73. The second kappa shape index (κ2) is 8.05. The van der Waals surface area contributed by atoms with E-state index in [9.17, 15) is 5.26 Å². The summed E-state index contributed by atoms with van der Waals surface area (Å²) in [4.78, 5) is 13.8. The van der Waals surface area contributed by atoms with E-state index in [0.29, 0.717) is 23.0 Å². The monoisotopic (exact) mass is 400 g/mol. The molecule has 31 heavy (non-hydrogen) atoms. The molecule has 0 aliphatic heterocycles. The number of pyridine rings is 1. The number of hydrogen-bond donors (Lipinski definition) is 0. The molecule has 3 aromatic carbocycles. The van der Waals surface area contributed by atoms with Crippen molar-refractivity contribution in [1.82, 2.24) is 15.0 Å². The predicted octanol–water partition coefficient (Wildman–Crippen LogP) is 6.02. The van der Waals surface area contributed by atoms with E-state index in [1.54, 1.807) is 12.3 Å². The average molecular weight is 400 g/mol. The summed E-state index contributed by atoms with van der Waals surface area (Å²) in [6, 6.07) is 30.7. The Bertz CT molecular complexity index is 1410. The van der Waals surface area contributed by atoms with Gasteiger partial charge in [0.1, 0.15) is 6.07 Å². The van der Waals surface area contributed by atoms with Crippen LogP contribution in [0.2, 0.25) is 0 Å². The summed E-state index contributed by atoms with van der Waals surface area (Å²) in [5.74, 6) is 1.37. The second-order valence-electron chi connectivity index (χ2n) is 6.85. The summed E-state index contributed by atoms with van der Waals surface area (Å²) in [5.41, 5.74) is 3.50. The normalized spacial score (nSPS) is 10.5. The topological polar surface area (TPSA) is 71.7 Å². The molecule has 0 saturated carbocycles. The number of benzene rings is 3. The van der Waals surface area contributed by atoms with E-state index in [4.69, 9.17) is 14.7 Å². The minimum atomic E-state index is 0.393. The van der Waals surface area contributed by atoms with Crippen LogP contribution in [0.5, 0.6) is 11.6 Å². The number of para-hydroxylation sites is 2. The molecule has 0 saturated heterocycles. The first-order valence-electron chi connectivity index (χ1n) is 9.78. The zero-order valence-corrected chi connectivity index (χ0v) is 16.4. The van der Waals surface area contributed by atoms with Crippen LogP contribution in [0.1, 0.15) is 5.56 Å². The molecule has 5 aromatic rings. The Balaban J connectivity index is 1.71. The van der Waals surface area contributed by atoms with E-state index in [-0.39, 0.29) is 0 Å². The summed E-state index contributed by atoms with van der Waals surface area (Å²) in [7, 11) is 0. The van der Waals surface area contributed by atoms with Gasteiger partial charge in [-0.1, -0.05) is 54.6 Å². The fraction of sp³-hybridized carbons (Fsp3) is 0. The molecule has 0 amide bonds. The lowest BCUT2D eigenvalue weighted by Gasteiger charge is -2.14. The van der Waals surface area contributed by atoms with Gasteiger partial charge in [-0.2, -0.15) is 10.2 Å². The SMILES string of the molecule is N#Cc1cccc(-c2ccccn2)c1Oc1nc(-c2ccccc2)nc2ccccc12. The Kier molecular flexibility index (Phi) is 4.80. The predicted molar refractivity (Wildman–Crippen MR) is 119 cm³/mol. The summed E-state index contributed by atoms with van der Waals surface area (Å²) in [6.07, 6.45) is 1.71. The van der Waals surface area contributed by atoms with Crippen LogP contribution < -0.4 is 4.74 Å². The Morgan fingerprint density at radius 1 is 0.742 bits per heavy atom. The quantitative estimate of drug-likeness (QED) is 0.369. The van der Waals surface area contributed by atoms with E-state index in [2.05, 4.69) is 11.1 Å². The van der Waals surface area contributed by atoms with Gasteiger partial charge >= 0.3 is 0 Å². The fourth-order valence-corrected chi connectivity index (χ4v) is 3.40. The molecule has 2 aromatic heterocycles. The van der Waals surface area contributed by atoms with Gasteiger partial charge in [-0.05, 0) is 36.4 Å². The average Bonchev–Trinajstić information content (AvgIpc) is 2.85. The standard InChI is InChI=1S/C26H16N4O/c27-17-19-11-8-13-20(22-14-6-7-16-28-22)24(19)31-26-21-12-4-5-15-23(21)29-25(30-26)18-9-2-1-3-10-18/h1-16H. The Hall–Kier alpha value is -4.56. The molecule has 5 nitrogen and oxygen atoms in total. The number of hydrogen-bond acceptors (Lipinski definition) is 5. The second-order valence-corrected chi connectivity index (χ2v) is 6.85. The molecule has 0 radical (unpaired) electrons. The molecule has 0 aliphatic rings. The molecule has 0 N–H and O–H groups in total. The zero-order valence-electron chi connectivity index (χ0n) is 16.4. The Morgan fingerprint density at radius 3 is 2.35 bits per heavy atom. The van der Waals surface area contributed by atoms with Gasteiger partial charge in [-0.3, -0.25) is 4.98 Å². The van der Waals surface area contributed by atoms with Crippen molar-refractivity contribution in [1.29, 1.82) is 5.26 Å². The van der Waals surface area contributed by atoms with E-state index in [1.807, 2.05) is 84.9 Å². The fourth-order valence-electron chi connectivity index (χ4n) is 3.40. The summed E-state index contributed by atoms with van der Waals surface area (Å²) >= 11 is 0. The van der Waals surface area contributed by atoms with Crippen molar-refractivity contribution >= 4 is 10.9 Å². The molecule has 5 heteroatoms. The van der Waals surface area contributed by atoms with Crippen molar-refractivity contribution in [2.45, 2.75) is 0 Å². The molecule has 5 rings (SSSR count). The number of nitrogens with zero attached hydrogens (tertiary/aromatic N) is 4. The number of rotatable bonds is 4. The van der Waals surface area contributed by atoms with Gasteiger partial charge in [0.25, 0.3) is 0 Å². The van der Waals surface area contributed by atoms with Crippen LogP contribution in [-0.2, 0) is 0 Å². The smallest absolute Gasteiger partial charge is 0.230 e. The molecule has 0 fully saturated rings. The molecule has 2 heterocycles. The maximum Gasteiger partial charge on any atom is 0.230 e. The third-order valence-electron chi connectivity index (χ3n) is 4.88. The van der Waals surface area contributed by atoms with Crippen LogP contribution in [0.4, 0.5) is 0 Å². The van der Waals surface area contributed by atoms with Crippen LogP contribution in [0.3, 0.4) is 0 Å². The molecule has 0 spiro atoms. The number of nitriles is 1. The number of fused-ring (bicyclic) bond motifs is 1. The molecule has 0 atom stereocenters. The molecular formula is C26H16N4O. The largest absolute Gasteiger partial charge is 0.436 e. The highest BCUT2D eigenvalue weighted by atomic mass is 16.5. The molecule has 0 bridgehead atoms. The highest BCUT2D eigenvalue weighted by Gasteiger charge is 2.17. The third-order valence-corrected chi connectivity index (χ3v) is 4.88. The van der Waals surface area contributed by atoms with Crippen molar-refractivity contribution in [2.24, 2.45) is 0 Å². The molecular weight excluding hydrogens is 384 g/mol. The minimum Gasteiger partial charge on any atom is -0.436 e. The van der Waals surface area contributed by atoms with Crippen molar-refractivity contribution in [3.05, 3.63) is 103 Å². The first-order chi connectivity index (χ1) is 15.3. The van der Waals surface area contributed by atoms with E-state index < -0.39 is 0 Å². The summed E-state index contributed by atoms with van der Waals surface area (Å²) in [6.45, 7) is 0. The molecule has 146 valence electrons. The Labute approximate surface area is 179 Å². The lowest BCUT2D eigenvalue weighted by Crippen LogP contribution is -1.99. The lowest BCUT2D eigenvalue weighted by molar-refractivity contribution is 0.469. The third kappa shape index (κ3) is 3.59. The lowest BCUT2D eigenvalue weighted by atomic mass is 10.1. The van der Waals surface area contributed by atoms with E-state index in [0.717, 1.165) is 27.7 Å². The summed E-state index contributed by atoms with van der Waals surface area (Å²) in [5, 5.41) is 10.5. The highest BCUT2D eigenvalue weighted by Crippen LogP contribution is 2.37. The van der Waals surface area contributed by atoms with Crippen molar-refractivity contribution in [2.75, 3.05) is 0 Å². The Morgan fingerprint density at radius 2 is 1.55 bits per heavy atom. The van der Waals surface area contributed by atoms with Crippen LogP contribution >= 0.6 is 0 Å². The van der Waals surface area contributed by atoms with Crippen molar-refractivity contribution < 1.29 is 4.74 Å². The van der Waals surface area contributed by atoms with Gasteiger partial charge in [-0.15, -0.1) is 0 Å². The van der Waals surface area contributed by atoms with Crippen molar-refractivity contribution in [3.63, 3.8) is 0 Å². The van der Waals surface area contributed by atoms with E-state index >= 15 is 0 Å². The van der Waals surface area contributed by atoms with Crippen LogP contribution in [-0.4, -0.2) is 15.0 Å². The number of aromatic nitrogens is 3. The first-order valence-corrected chi connectivity index (χ1v) is 9.78. The van der Waals surface area contributed by atoms with Gasteiger partial charge in [0.2, 0.25) is 5.88 Å². The van der Waals surface area contributed by atoms with Gasteiger partial charge in [0.05, 0.1) is 22.2 Å². The van der Waals surface area contributed by atoms with Crippen LogP contribution in [0.25, 0.3) is 33.5 Å². The van der Waals surface area contributed by atoms with E-state index in [1.165, 1.54) is 0 Å². The summed E-state index contributed by atoms with van der Waals surface area (Å²) < 4.78 is 6.35. The molecule has 0 aliphatic carbocycles. The highest BCUT2D eigenvalue weighted by molar-refractivity contribution is 5.86. The van der Waals surface area contributed by atoms with Crippen molar-refractivity contribution in [3.8, 4) is 40.3 Å². The maximum atomic E-state index is 9.73. The van der Waals surface area contributed by atoms with Gasteiger partial charge in [0.15, 0.2) is 11.6 Å². The first kappa shape index (κ1) is 18.5. The van der Waals surface area contributed by atoms with Crippen LogP contribution in [0.15, 0.2) is 97.2 Å². The number of ether oxygens (including phenoxy) is 1. The molecule has 0 unspecified atom stereocenters.